The van der Waals surface area contributed by atoms with E-state index in [0.29, 0.717) is 9.56 Å². The second-order valence-electron chi connectivity index (χ2n) is 7.18. The van der Waals surface area contributed by atoms with Gasteiger partial charge in [0.15, 0.2) is 5.69 Å². The van der Waals surface area contributed by atoms with E-state index in [1.807, 2.05) is 0 Å². The zero-order chi connectivity index (χ0) is 22.0. The van der Waals surface area contributed by atoms with Crippen molar-refractivity contribution in [2.45, 2.75) is 38.3 Å². The Hall–Kier alpha value is -3.14. The predicted octanol–water partition coefficient (Wildman–Crippen LogP) is 4.30. The SMILES string of the molecule is O=C(NNC(=O)c1cnn(-c2ccccc2)c1C(F)(F)F)c1cc2c(s1)CCCCC2. The number of fused-ring (bicyclic) bond motifs is 1. The average Bonchev–Trinajstić information content (AvgIpc) is 3.32. The van der Waals surface area contributed by atoms with Crippen molar-refractivity contribution < 1.29 is 22.8 Å². The van der Waals surface area contributed by atoms with Crippen molar-refractivity contribution in [3.05, 3.63) is 69.2 Å². The molecule has 0 atom stereocenters. The molecule has 10 heteroatoms. The maximum Gasteiger partial charge on any atom is 0.434 e. The molecule has 31 heavy (non-hydrogen) atoms. The summed E-state index contributed by atoms with van der Waals surface area (Å²) in [4.78, 5) is 26.5. The summed E-state index contributed by atoms with van der Waals surface area (Å²) in [5.74, 6) is -1.66. The Morgan fingerprint density at radius 2 is 1.71 bits per heavy atom. The molecule has 2 amide bonds. The standard InChI is InChI=1S/C21H19F3N4O2S/c22-21(23,24)18-15(12-25-28(18)14-8-4-2-5-9-14)19(29)26-27-20(30)17-11-13-7-3-1-6-10-16(13)31-17/h2,4-5,8-9,11-12H,1,3,6-7,10H2,(H,26,29)(H,27,30). The lowest BCUT2D eigenvalue weighted by Crippen LogP contribution is -2.42. The van der Waals surface area contributed by atoms with Crippen LogP contribution < -0.4 is 10.9 Å². The van der Waals surface area contributed by atoms with Gasteiger partial charge in [0.1, 0.15) is 0 Å². The van der Waals surface area contributed by atoms with Gasteiger partial charge in [-0.15, -0.1) is 11.3 Å². The molecule has 3 aromatic rings. The molecule has 162 valence electrons. The van der Waals surface area contributed by atoms with E-state index in [2.05, 4.69) is 16.0 Å². The summed E-state index contributed by atoms with van der Waals surface area (Å²) >= 11 is 1.35. The molecule has 0 unspecified atom stereocenters. The third-order valence-electron chi connectivity index (χ3n) is 5.04. The van der Waals surface area contributed by atoms with Crippen LogP contribution in [-0.4, -0.2) is 21.6 Å². The van der Waals surface area contributed by atoms with Gasteiger partial charge in [-0.3, -0.25) is 20.4 Å². The molecule has 1 aromatic carbocycles. The molecule has 0 saturated heterocycles. The minimum atomic E-state index is -4.83. The lowest BCUT2D eigenvalue weighted by molar-refractivity contribution is -0.143. The van der Waals surface area contributed by atoms with Crippen LogP contribution in [0.1, 0.15) is 55.4 Å². The first kappa shape index (κ1) is 21.1. The summed E-state index contributed by atoms with van der Waals surface area (Å²) < 4.78 is 41.7. The summed E-state index contributed by atoms with van der Waals surface area (Å²) in [7, 11) is 0. The van der Waals surface area contributed by atoms with Crippen LogP contribution in [0.5, 0.6) is 0 Å². The van der Waals surface area contributed by atoms with Gasteiger partial charge in [-0.1, -0.05) is 24.6 Å². The van der Waals surface area contributed by atoms with Gasteiger partial charge in [-0.2, -0.15) is 18.3 Å². The maximum atomic E-state index is 13.7. The molecular weight excluding hydrogens is 429 g/mol. The number of hydrogen-bond donors (Lipinski definition) is 2. The molecule has 2 heterocycles. The number of hydrazine groups is 1. The predicted molar refractivity (Wildman–Crippen MR) is 109 cm³/mol. The van der Waals surface area contributed by atoms with Crippen LogP contribution in [0.2, 0.25) is 0 Å². The Labute approximate surface area is 180 Å². The number of para-hydroxylation sites is 1. The Morgan fingerprint density at radius 3 is 2.45 bits per heavy atom. The monoisotopic (exact) mass is 448 g/mol. The van der Waals surface area contributed by atoms with Gasteiger partial charge in [0.25, 0.3) is 11.8 Å². The largest absolute Gasteiger partial charge is 0.434 e. The highest BCUT2D eigenvalue weighted by Gasteiger charge is 2.40. The van der Waals surface area contributed by atoms with Gasteiger partial charge < -0.3 is 0 Å². The van der Waals surface area contributed by atoms with Crippen LogP contribution in [0.25, 0.3) is 5.69 Å². The Balaban J connectivity index is 1.51. The number of nitrogens with zero attached hydrogens (tertiary/aromatic N) is 2. The number of benzene rings is 1. The van der Waals surface area contributed by atoms with Gasteiger partial charge in [0, 0.05) is 4.88 Å². The molecule has 0 spiro atoms. The van der Waals surface area contributed by atoms with Crippen molar-refractivity contribution in [2.75, 3.05) is 0 Å². The normalized spacial score (nSPS) is 13.9. The quantitative estimate of drug-likeness (QED) is 0.464. The summed E-state index contributed by atoms with van der Waals surface area (Å²) in [5, 5.41) is 3.74. The third kappa shape index (κ3) is 4.48. The smallest absolute Gasteiger partial charge is 0.267 e. The van der Waals surface area contributed by atoms with Gasteiger partial charge >= 0.3 is 6.18 Å². The summed E-state index contributed by atoms with van der Waals surface area (Å²) in [6.45, 7) is 0. The van der Waals surface area contributed by atoms with Gasteiger partial charge in [0.2, 0.25) is 0 Å². The van der Waals surface area contributed by atoms with Crippen molar-refractivity contribution in [2.24, 2.45) is 0 Å². The number of thiophene rings is 1. The highest BCUT2D eigenvalue weighted by atomic mass is 32.1. The van der Waals surface area contributed by atoms with Crippen LogP contribution in [0, 0.1) is 0 Å². The third-order valence-corrected chi connectivity index (χ3v) is 6.28. The highest BCUT2D eigenvalue weighted by Crippen LogP contribution is 2.33. The van der Waals surface area contributed by atoms with E-state index in [0.717, 1.165) is 48.7 Å². The van der Waals surface area contributed by atoms with Crippen LogP contribution in [-0.2, 0) is 19.0 Å². The first-order chi connectivity index (χ1) is 14.8. The van der Waals surface area contributed by atoms with Crippen LogP contribution >= 0.6 is 11.3 Å². The van der Waals surface area contributed by atoms with E-state index < -0.39 is 29.2 Å². The molecule has 2 N–H and O–H groups in total. The van der Waals surface area contributed by atoms with E-state index in [1.165, 1.54) is 23.5 Å². The minimum absolute atomic E-state index is 0.165. The lowest BCUT2D eigenvalue weighted by atomic mass is 10.1. The van der Waals surface area contributed by atoms with Crippen LogP contribution in [0.4, 0.5) is 13.2 Å². The number of carbonyl (C=O) groups is 2. The van der Waals surface area contributed by atoms with Crippen LogP contribution in [0.3, 0.4) is 0 Å². The zero-order valence-electron chi connectivity index (χ0n) is 16.3. The number of amides is 2. The number of aromatic nitrogens is 2. The van der Waals surface area contributed by atoms with Gasteiger partial charge in [0.05, 0.1) is 22.3 Å². The second-order valence-corrected chi connectivity index (χ2v) is 8.32. The van der Waals surface area contributed by atoms with Crippen LogP contribution in [0.15, 0.2) is 42.6 Å². The van der Waals surface area contributed by atoms with E-state index in [1.54, 1.807) is 24.3 Å². The molecule has 6 nitrogen and oxygen atoms in total. The molecule has 0 saturated carbocycles. The van der Waals surface area contributed by atoms with Crippen molar-refractivity contribution in [3.8, 4) is 5.69 Å². The minimum Gasteiger partial charge on any atom is -0.267 e. The first-order valence-electron chi connectivity index (χ1n) is 9.77. The molecule has 2 aromatic heterocycles. The van der Waals surface area contributed by atoms with Gasteiger partial charge in [-0.25, -0.2) is 4.68 Å². The molecule has 0 aliphatic heterocycles. The highest BCUT2D eigenvalue weighted by molar-refractivity contribution is 7.14. The Morgan fingerprint density at radius 1 is 1.00 bits per heavy atom. The Kier molecular flexibility index (Phi) is 5.81. The second kappa shape index (κ2) is 8.54. The summed E-state index contributed by atoms with van der Waals surface area (Å²) in [6.07, 6.45) is 1.10. The maximum absolute atomic E-state index is 13.7. The fraction of sp³-hybridized carbons (Fsp3) is 0.286. The molecule has 1 aliphatic carbocycles. The number of alkyl halides is 3. The molecule has 4 rings (SSSR count). The topological polar surface area (TPSA) is 76.0 Å². The molecule has 0 fully saturated rings. The van der Waals surface area contributed by atoms with E-state index in [9.17, 15) is 22.8 Å². The van der Waals surface area contributed by atoms with Crippen molar-refractivity contribution >= 4 is 23.2 Å². The van der Waals surface area contributed by atoms with Gasteiger partial charge in [-0.05, 0) is 49.4 Å². The number of aryl methyl sites for hydroxylation is 2. The fourth-order valence-electron chi connectivity index (χ4n) is 3.57. The Bertz CT molecular complexity index is 1080. The number of nitrogens with one attached hydrogen (secondary N) is 2. The molecule has 0 radical (unpaired) electrons. The summed E-state index contributed by atoms with van der Waals surface area (Å²) in [6, 6.07) is 9.49. The average molecular weight is 448 g/mol. The number of hydrogen-bond acceptors (Lipinski definition) is 4. The van der Waals surface area contributed by atoms with Crippen molar-refractivity contribution in [1.29, 1.82) is 0 Å². The number of halogens is 3. The molecular formula is C21H19F3N4O2S. The fourth-order valence-corrected chi connectivity index (χ4v) is 4.72. The molecule has 0 bridgehead atoms. The summed E-state index contributed by atoms with van der Waals surface area (Å²) in [5.41, 5.74) is 3.70. The number of carbonyl (C=O) groups excluding carboxylic acids is 2. The number of rotatable bonds is 3. The first-order valence-corrected chi connectivity index (χ1v) is 10.6. The van der Waals surface area contributed by atoms with Crippen molar-refractivity contribution in [1.82, 2.24) is 20.6 Å². The van der Waals surface area contributed by atoms with E-state index >= 15 is 0 Å². The van der Waals surface area contributed by atoms with E-state index in [-0.39, 0.29) is 5.69 Å². The molecule has 1 aliphatic rings. The van der Waals surface area contributed by atoms with Crippen molar-refractivity contribution in [3.63, 3.8) is 0 Å². The zero-order valence-corrected chi connectivity index (χ0v) is 17.1. The van der Waals surface area contributed by atoms with E-state index in [4.69, 9.17) is 0 Å². The lowest BCUT2D eigenvalue weighted by Gasteiger charge is -2.13.